The number of rotatable bonds is 2. The lowest BCUT2D eigenvalue weighted by Crippen LogP contribution is -2.59. The third kappa shape index (κ3) is 1.47. The van der Waals surface area contributed by atoms with E-state index < -0.39 is 21.5 Å². The lowest BCUT2D eigenvalue weighted by molar-refractivity contribution is -0.153. The average molecular weight is 233 g/mol. The van der Waals surface area contributed by atoms with Crippen LogP contribution >= 0.6 is 0 Å². The van der Waals surface area contributed by atoms with Gasteiger partial charge < -0.3 is 5.11 Å². The topological polar surface area (TPSA) is 74.7 Å². The van der Waals surface area contributed by atoms with Crippen molar-refractivity contribution in [1.82, 2.24) is 4.31 Å². The molecule has 1 aliphatic heterocycles. The molecule has 6 heteroatoms. The van der Waals surface area contributed by atoms with Gasteiger partial charge in [-0.25, -0.2) is 8.42 Å². The van der Waals surface area contributed by atoms with Gasteiger partial charge in [0.15, 0.2) is 0 Å². The number of carboxylic acids is 1. The van der Waals surface area contributed by atoms with Crippen LogP contribution in [0.25, 0.3) is 0 Å². The summed E-state index contributed by atoms with van der Waals surface area (Å²) in [5.74, 6) is -0.875. The van der Waals surface area contributed by atoms with Crippen LogP contribution in [0.5, 0.6) is 0 Å². The highest BCUT2D eigenvalue weighted by Crippen LogP contribution is 2.42. The number of nitrogens with zero attached hydrogens (tertiary/aromatic N) is 1. The van der Waals surface area contributed by atoms with Crippen LogP contribution in [0.2, 0.25) is 0 Å². The van der Waals surface area contributed by atoms with E-state index in [4.69, 9.17) is 5.11 Å². The second kappa shape index (κ2) is 3.18. The van der Waals surface area contributed by atoms with E-state index in [2.05, 4.69) is 0 Å². The van der Waals surface area contributed by atoms with Gasteiger partial charge in [-0.1, -0.05) is 6.92 Å². The molecule has 0 aromatic carbocycles. The number of hydrogen-bond donors (Lipinski definition) is 1. The van der Waals surface area contributed by atoms with E-state index in [1.807, 2.05) is 6.92 Å². The van der Waals surface area contributed by atoms with Crippen molar-refractivity contribution in [3.8, 4) is 0 Å². The minimum atomic E-state index is -3.35. The molecule has 2 fully saturated rings. The Labute approximate surface area is 89.1 Å². The van der Waals surface area contributed by atoms with Gasteiger partial charge in [0.1, 0.15) is 5.54 Å². The Morgan fingerprint density at radius 2 is 2.07 bits per heavy atom. The normalized spacial score (nSPS) is 33.5. The highest BCUT2D eigenvalue weighted by atomic mass is 32.2. The van der Waals surface area contributed by atoms with Crippen LogP contribution in [-0.2, 0) is 14.8 Å². The fraction of sp³-hybridized carbons (Fsp3) is 0.889. The Morgan fingerprint density at radius 1 is 1.47 bits per heavy atom. The summed E-state index contributed by atoms with van der Waals surface area (Å²) in [4.78, 5) is 11.2. The summed E-state index contributed by atoms with van der Waals surface area (Å²) in [6.45, 7) is 2.19. The standard InChI is InChI=1S/C9H15NO4S/c1-7-5-10(15(13,14)6-7)9(8(11)12)3-2-4-9/h7H,2-6H2,1H3,(H,11,12). The molecule has 1 unspecified atom stereocenters. The maximum absolute atomic E-state index is 11.8. The molecule has 0 spiro atoms. The van der Waals surface area contributed by atoms with Crippen LogP contribution < -0.4 is 0 Å². The van der Waals surface area contributed by atoms with E-state index in [0.717, 1.165) is 6.42 Å². The smallest absolute Gasteiger partial charge is 0.325 e. The van der Waals surface area contributed by atoms with E-state index in [1.54, 1.807) is 0 Å². The molecular formula is C9H15NO4S. The monoisotopic (exact) mass is 233 g/mol. The Kier molecular flexibility index (Phi) is 2.31. The number of carbonyl (C=O) groups is 1. The minimum absolute atomic E-state index is 0.0341. The molecular weight excluding hydrogens is 218 g/mol. The van der Waals surface area contributed by atoms with Gasteiger partial charge in [-0.2, -0.15) is 4.31 Å². The van der Waals surface area contributed by atoms with E-state index in [-0.39, 0.29) is 11.7 Å². The summed E-state index contributed by atoms with van der Waals surface area (Å²) in [5, 5.41) is 9.16. The zero-order chi connectivity index (χ0) is 11.3. The van der Waals surface area contributed by atoms with Crippen molar-refractivity contribution >= 4 is 16.0 Å². The van der Waals surface area contributed by atoms with Crippen molar-refractivity contribution in [1.29, 1.82) is 0 Å². The first-order valence-electron chi connectivity index (χ1n) is 5.12. The van der Waals surface area contributed by atoms with Crippen molar-refractivity contribution in [2.75, 3.05) is 12.3 Å². The molecule has 1 saturated carbocycles. The molecule has 2 aliphatic rings. The Morgan fingerprint density at radius 3 is 2.33 bits per heavy atom. The molecule has 5 nitrogen and oxygen atoms in total. The molecule has 86 valence electrons. The molecule has 0 aromatic rings. The zero-order valence-electron chi connectivity index (χ0n) is 8.64. The van der Waals surface area contributed by atoms with Gasteiger partial charge in [0, 0.05) is 6.54 Å². The number of hydrogen-bond acceptors (Lipinski definition) is 3. The highest BCUT2D eigenvalue weighted by molar-refractivity contribution is 7.89. The summed E-state index contributed by atoms with van der Waals surface area (Å²) >= 11 is 0. The number of carboxylic acid groups (broad SMARTS) is 1. The van der Waals surface area contributed by atoms with Crippen molar-refractivity contribution < 1.29 is 18.3 Å². The molecule has 15 heavy (non-hydrogen) atoms. The van der Waals surface area contributed by atoms with Gasteiger partial charge >= 0.3 is 5.97 Å². The van der Waals surface area contributed by atoms with E-state index in [1.165, 1.54) is 4.31 Å². The third-order valence-electron chi connectivity index (χ3n) is 3.36. The van der Waals surface area contributed by atoms with Crippen LogP contribution in [0.3, 0.4) is 0 Å². The average Bonchev–Trinajstić information content (AvgIpc) is 2.22. The summed E-state index contributed by atoms with van der Waals surface area (Å²) in [6, 6.07) is 0. The van der Waals surface area contributed by atoms with Gasteiger partial charge in [-0.15, -0.1) is 0 Å². The first-order valence-corrected chi connectivity index (χ1v) is 6.73. The Balaban J connectivity index is 2.34. The predicted octanol–water partition coefficient (Wildman–Crippen LogP) is 0.275. The van der Waals surface area contributed by atoms with Crippen molar-refractivity contribution in [3.05, 3.63) is 0 Å². The van der Waals surface area contributed by atoms with Gasteiger partial charge in [0.05, 0.1) is 5.75 Å². The number of aliphatic carboxylic acids is 1. The zero-order valence-corrected chi connectivity index (χ0v) is 9.46. The van der Waals surface area contributed by atoms with E-state index in [9.17, 15) is 13.2 Å². The van der Waals surface area contributed by atoms with Gasteiger partial charge in [-0.3, -0.25) is 4.79 Å². The quantitative estimate of drug-likeness (QED) is 0.743. The molecule has 0 amide bonds. The van der Waals surface area contributed by atoms with Gasteiger partial charge in [0.2, 0.25) is 10.0 Å². The van der Waals surface area contributed by atoms with Gasteiger partial charge in [0.25, 0.3) is 0 Å². The first-order chi connectivity index (χ1) is 6.88. The molecule has 2 rings (SSSR count). The summed E-state index contributed by atoms with van der Waals surface area (Å²) < 4.78 is 24.8. The molecule has 1 aliphatic carbocycles. The van der Waals surface area contributed by atoms with E-state index in [0.29, 0.717) is 19.4 Å². The second-order valence-corrected chi connectivity index (χ2v) is 6.54. The first kappa shape index (κ1) is 10.9. The van der Waals surface area contributed by atoms with Crippen LogP contribution in [-0.4, -0.2) is 41.6 Å². The molecule has 1 heterocycles. The van der Waals surface area contributed by atoms with Crippen LogP contribution in [0.1, 0.15) is 26.2 Å². The third-order valence-corrected chi connectivity index (χ3v) is 5.53. The molecule has 0 radical (unpaired) electrons. The predicted molar refractivity (Wildman–Crippen MR) is 53.9 cm³/mol. The summed E-state index contributed by atoms with van der Waals surface area (Å²) in [7, 11) is -3.35. The highest BCUT2D eigenvalue weighted by Gasteiger charge is 2.56. The maximum Gasteiger partial charge on any atom is 0.325 e. The molecule has 1 atom stereocenters. The summed E-state index contributed by atoms with van der Waals surface area (Å²) in [6.07, 6.45) is 1.70. The van der Waals surface area contributed by atoms with Crippen LogP contribution in [0.15, 0.2) is 0 Å². The Bertz CT molecular complexity index is 385. The van der Waals surface area contributed by atoms with Crippen molar-refractivity contribution in [2.45, 2.75) is 31.7 Å². The largest absolute Gasteiger partial charge is 0.480 e. The fourth-order valence-electron chi connectivity index (χ4n) is 2.42. The van der Waals surface area contributed by atoms with Crippen molar-refractivity contribution in [3.63, 3.8) is 0 Å². The SMILES string of the molecule is CC1CN(C2(C(=O)O)CCC2)S(=O)(=O)C1. The molecule has 1 saturated heterocycles. The van der Waals surface area contributed by atoms with Gasteiger partial charge in [-0.05, 0) is 25.2 Å². The van der Waals surface area contributed by atoms with Crippen LogP contribution in [0, 0.1) is 5.92 Å². The van der Waals surface area contributed by atoms with Crippen molar-refractivity contribution in [2.24, 2.45) is 5.92 Å². The summed E-state index contributed by atoms with van der Waals surface area (Å²) in [5.41, 5.74) is -1.12. The molecule has 1 N–H and O–H groups in total. The molecule has 0 bridgehead atoms. The van der Waals surface area contributed by atoms with Crippen LogP contribution in [0.4, 0.5) is 0 Å². The maximum atomic E-state index is 11.8. The number of sulfonamides is 1. The van der Waals surface area contributed by atoms with E-state index >= 15 is 0 Å². The fourth-order valence-corrected chi connectivity index (χ4v) is 4.70. The Hall–Kier alpha value is -0.620. The molecule has 0 aromatic heterocycles. The lowest BCUT2D eigenvalue weighted by atomic mass is 9.76. The lowest BCUT2D eigenvalue weighted by Gasteiger charge is -2.43. The second-order valence-electron chi connectivity index (χ2n) is 4.61. The minimum Gasteiger partial charge on any atom is -0.480 e.